The number of ether oxygens (including phenoxy) is 2. The second-order valence-electron chi connectivity index (χ2n) is 7.23. The lowest BCUT2D eigenvalue weighted by atomic mass is 10.1. The molecule has 0 aliphatic rings. The summed E-state index contributed by atoms with van der Waals surface area (Å²) in [5, 5.41) is 6.66. The largest absolute Gasteiger partial charge is 0.493 e. The molecule has 0 spiro atoms. The monoisotopic (exact) mass is 554 g/mol. The Morgan fingerprint density at radius 2 is 1.81 bits per heavy atom. The highest BCUT2D eigenvalue weighted by atomic mass is 127. The minimum absolute atomic E-state index is 0. The van der Waals surface area contributed by atoms with Gasteiger partial charge in [-0.25, -0.2) is 4.99 Å². The standard InChI is InChI=1S/C24H34N4O3.HI/c1-4-14-30-22-15-18(3)6-9-20(22)16-28-24(26-5-2)27-13-12-19-7-10-21(11-8-19)31-17-23(25)29;/h6-11,15H,4-5,12-14,16-17H2,1-3H3,(H2,25,29)(H2,26,27,28);1H. The summed E-state index contributed by atoms with van der Waals surface area (Å²) >= 11 is 0. The molecule has 2 rings (SSSR count). The number of hydrogen-bond donors (Lipinski definition) is 3. The van der Waals surface area contributed by atoms with Crippen LogP contribution in [0.4, 0.5) is 0 Å². The molecule has 8 heteroatoms. The third-order valence-electron chi connectivity index (χ3n) is 4.45. The predicted octanol–water partition coefficient (Wildman–Crippen LogP) is 3.56. The van der Waals surface area contributed by atoms with E-state index < -0.39 is 5.91 Å². The number of primary amides is 1. The highest BCUT2D eigenvalue weighted by molar-refractivity contribution is 14.0. The van der Waals surface area contributed by atoms with Gasteiger partial charge in [0.2, 0.25) is 0 Å². The summed E-state index contributed by atoms with van der Waals surface area (Å²) in [6, 6.07) is 13.9. The molecular formula is C24H35IN4O3. The van der Waals surface area contributed by atoms with Crippen LogP contribution in [-0.2, 0) is 17.8 Å². The number of aryl methyl sites for hydroxylation is 1. The summed E-state index contributed by atoms with van der Waals surface area (Å²) in [5.74, 6) is 1.81. The molecule has 7 nitrogen and oxygen atoms in total. The molecule has 0 saturated heterocycles. The van der Waals surface area contributed by atoms with Gasteiger partial charge in [-0.2, -0.15) is 0 Å². The number of nitrogens with one attached hydrogen (secondary N) is 2. The van der Waals surface area contributed by atoms with Gasteiger partial charge >= 0.3 is 0 Å². The first-order valence-corrected chi connectivity index (χ1v) is 10.8. The molecule has 1 amide bonds. The van der Waals surface area contributed by atoms with Crippen LogP contribution in [-0.4, -0.2) is 38.2 Å². The molecular weight excluding hydrogens is 519 g/mol. The van der Waals surface area contributed by atoms with Crippen LogP contribution in [0.2, 0.25) is 0 Å². The van der Waals surface area contributed by atoms with Crippen LogP contribution >= 0.6 is 24.0 Å². The number of nitrogens with two attached hydrogens (primary N) is 1. The Hall–Kier alpha value is -2.49. The van der Waals surface area contributed by atoms with E-state index in [9.17, 15) is 4.79 Å². The molecule has 0 aromatic heterocycles. The average Bonchev–Trinajstić information content (AvgIpc) is 2.76. The number of aliphatic imine (C=N–C) groups is 1. The Labute approximate surface area is 208 Å². The molecule has 4 N–H and O–H groups in total. The van der Waals surface area contributed by atoms with Gasteiger partial charge in [0.25, 0.3) is 5.91 Å². The number of amides is 1. The summed E-state index contributed by atoms with van der Waals surface area (Å²) in [4.78, 5) is 15.5. The fourth-order valence-electron chi connectivity index (χ4n) is 2.88. The van der Waals surface area contributed by atoms with Crippen LogP contribution in [0, 0.1) is 6.92 Å². The van der Waals surface area contributed by atoms with Gasteiger partial charge in [-0.05, 0) is 56.0 Å². The average molecular weight is 554 g/mol. The Morgan fingerprint density at radius 3 is 2.47 bits per heavy atom. The maximum Gasteiger partial charge on any atom is 0.255 e. The van der Waals surface area contributed by atoms with Crippen molar-refractivity contribution in [2.45, 2.75) is 40.2 Å². The molecule has 0 radical (unpaired) electrons. The maximum atomic E-state index is 10.8. The zero-order chi connectivity index (χ0) is 22.5. The molecule has 0 fully saturated rings. The first-order valence-electron chi connectivity index (χ1n) is 10.8. The minimum Gasteiger partial charge on any atom is -0.493 e. The van der Waals surface area contributed by atoms with Gasteiger partial charge in [-0.1, -0.05) is 31.2 Å². The predicted molar refractivity (Wildman–Crippen MR) is 140 cm³/mol. The van der Waals surface area contributed by atoms with Crippen molar-refractivity contribution in [1.82, 2.24) is 10.6 Å². The van der Waals surface area contributed by atoms with Crippen LogP contribution in [0.3, 0.4) is 0 Å². The van der Waals surface area contributed by atoms with E-state index in [1.807, 2.05) is 31.2 Å². The first-order chi connectivity index (χ1) is 15.0. The van der Waals surface area contributed by atoms with E-state index >= 15 is 0 Å². The molecule has 2 aromatic carbocycles. The number of hydrogen-bond acceptors (Lipinski definition) is 4. The van der Waals surface area contributed by atoms with Crippen molar-refractivity contribution in [2.24, 2.45) is 10.7 Å². The third kappa shape index (κ3) is 10.2. The summed E-state index contributed by atoms with van der Waals surface area (Å²) in [5.41, 5.74) is 8.49. The number of carbonyl (C=O) groups excluding carboxylic acids is 1. The van der Waals surface area contributed by atoms with Crippen LogP contribution in [0.15, 0.2) is 47.5 Å². The molecule has 0 heterocycles. The molecule has 0 aliphatic carbocycles. The molecule has 0 aliphatic heterocycles. The van der Waals surface area contributed by atoms with Crippen molar-refractivity contribution in [3.63, 3.8) is 0 Å². The van der Waals surface area contributed by atoms with Crippen molar-refractivity contribution < 1.29 is 14.3 Å². The van der Waals surface area contributed by atoms with Crippen LogP contribution < -0.4 is 25.8 Å². The lowest BCUT2D eigenvalue weighted by Crippen LogP contribution is -2.38. The third-order valence-corrected chi connectivity index (χ3v) is 4.45. The van der Waals surface area contributed by atoms with Crippen LogP contribution in [0.1, 0.15) is 37.0 Å². The van der Waals surface area contributed by atoms with Gasteiger partial charge in [0.05, 0.1) is 13.2 Å². The number of rotatable bonds is 12. The summed E-state index contributed by atoms with van der Waals surface area (Å²) < 4.78 is 11.2. The van der Waals surface area contributed by atoms with Crippen molar-refractivity contribution in [1.29, 1.82) is 0 Å². The van der Waals surface area contributed by atoms with Gasteiger partial charge < -0.3 is 25.8 Å². The van der Waals surface area contributed by atoms with Crippen molar-refractivity contribution in [3.05, 3.63) is 59.2 Å². The summed E-state index contributed by atoms with van der Waals surface area (Å²) in [6.45, 7) is 8.85. The molecule has 0 bridgehead atoms. The molecule has 0 saturated carbocycles. The van der Waals surface area contributed by atoms with Crippen molar-refractivity contribution >= 4 is 35.8 Å². The summed E-state index contributed by atoms with van der Waals surface area (Å²) in [7, 11) is 0. The van der Waals surface area contributed by atoms with Crippen molar-refractivity contribution in [3.8, 4) is 11.5 Å². The number of guanidine groups is 1. The minimum atomic E-state index is -0.488. The van der Waals surface area contributed by atoms with E-state index in [0.717, 1.165) is 48.8 Å². The maximum absolute atomic E-state index is 10.8. The normalized spacial score (nSPS) is 10.8. The fourth-order valence-corrected chi connectivity index (χ4v) is 2.88. The highest BCUT2D eigenvalue weighted by Crippen LogP contribution is 2.21. The van der Waals surface area contributed by atoms with E-state index in [0.29, 0.717) is 18.9 Å². The summed E-state index contributed by atoms with van der Waals surface area (Å²) in [6.07, 6.45) is 1.80. The van der Waals surface area contributed by atoms with Crippen molar-refractivity contribution in [2.75, 3.05) is 26.3 Å². The lowest BCUT2D eigenvalue weighted by molar-refractivity contribution is -0.119. The van der Waals surface area contributed by atoms with E-state index in [1.54, 1.807) is 0 Å². The zero-order valence-corrected chi connectivity index (χ0v) is 21.5. The second-order valence-corrected chi connectivity index (χ2v) is 7.23. The van der Waals surface area contributed by atoms with E-state index in [1.165, 1.54) is 5.56 Å². The topological polar surface area (TPSA) is 98.0 Å². The van der Waals surface area contributed by atoms with E-state index in [-0.39, 0.29) is 30.6 Å². The smallest absolute Gasteiger partial charge is 0.255 e. The quantitative estimate of drug-likeness (QED) is 0.212. The highest BCUT2D eigenvalue weighted by Gasteiger charge is 2.05. The Morgan fingerprint density at radius 1 is 1.06 bits per heavy atom. The molecule has 0 unspecified atom stereocenters. The van der Waals surface area contributed by atoms with Crippen LogP contribution in [0.5, 0.6) is 11.5 Å². The van der Waals surface area contributed by atoms with Gasteiger partial charge in [-0.15, -0.1) is 24.0 Å². The van der Waals surface area contributed by atoms with E-state index in [4.69, 9.17) is 20.2 Å². The number of benzene rings is 2. The molecule has 0 atom stereocenters. The zero-order valence-electron chi connectivity index (χ0n) is 19.1. The fraction of sp³-hybridized carbons (Fsp3) is 0.417. The Kier molecular flexibility index (Phi) is 13.2. The molecule has 2 aromatic rings. The van der Waals surface area contributed by atoms with Gasteiger partial charge in [0.1, 0.15) is 11.5 Å². The lowest BCUT2D eigenvalue weighted by Gasteiger charge is -2.13. The van der Waals surface area contributed by atoms with Gasteiger partial charge in [0, 0.05) is 18.7 Å². The number of nitrogens with zero attached hydrogens (tertiary/aromatic N) is 1. The number of halogens is 1. The Bertz CT molecular complexity index is 857. The van der Waals surface area contributed by atoms with E-state index in [2.05, 4.69) is 42.7 Å². The number of carbonyl (C=O) groups is 1. The van der Waals surface area contributed by atoms with Gasteiger partial charge in [-0.3, -0.25) is 4.79 Å². The first kappa shape index (κ1) is 27.5. The molecule has 32 heavy (non-hydrogen) atoms. The van der Waals surface area contributed by atoms with Crippen LogP contribution in [0.25, 0.3) is 0 Å². The molecule has 176 valence electrons. The second kappa shape index (κ2) is 15.3. The Balaban J connectivity index is 0.00000512. The SMILES string of the molecule is CCCOc1cc(C)ccc1CN=C(NCC)NCCc1ccc(OCC(N)=O)cc1.I. The van der Waals surface area contributed by atoms with Gasteiger partial charge in [0.15, 0.2) is 12.6 Å².